The zero-order valence-electron chi connectivity index (χ0n) is 10.9. The fraction of sp³-hybridized carbons (Fsp3) is 0.133. The molecule has 0 radical (unpaired) electrons. The number of rotatable bonds is 5. The Morgan fingerprint density at radius 3 is 2.00 bits per heavy atom. The summed E-state index contributed by atoms with van der Waals surface area (Å²) in [5.74, 6) is -0.370. The van der Waals surface area contributed by atoms with Crippen LogP contribution < -0.4 is 0 Å². The minimum atomic E-state index is -3.93. The molecule has 2 rings (SSSR count). The summed E-state index contributed by atoms with van der Waals surface area (Å²) in [7, 11) is -3.93. The van der Waals surface area contributed by atoms with Crippen molar-refractivity contribution in [2.75, 3.05) is 0 Å². The Bertz CT molecular complexity index is 678. The molecule has 1 atom stereocenters. The van der Waals surface area contributed by atoms with Crippen molar-refractivity contribution in [3.8, 4) is 0 Å². The Morgan fingerprint density at radius 1 is 0.950 bits per heavy atom. The van der Waals surface area contributed by atoms with Crippen LogP contribution in [0.1, 0.15) is 17.3 Å². The van der Waals surface area contributed by atoms with Crippen molar-refractivity contribution in [3.63, 3.8) is 0 Å². The van der Waals surface area contributed by atoms with Gasteiger partial charge in [0.25, 0.3) is 10.1 Å². The molecule has 0 aliphatic carbocycles. The molecule has 0 saturated carbocycles. The standard InChI is InChI=1S/C15H14O4S/c1-12(15(16)13-8-4-2-5-9-13)19-20(17,18)14-10-6-3-7-11-14/h2-12H,1H3. The van der Waals surface area contributed by atoms with Crippen molar-refractivity contribution >= 4 is 15.9 Å². The summed E-state index contributed by atoms with van der Waals surface area (Å²) in [6, 6.07) is 16.2. The van der Waals surface area contributed by atoms with Gasteiger partial charge in [-0.05, 0) is 19.1 Å². The fourth-order valence-corrected chi connectivity index (χ4v) is 2.78. The number of hydrogen-bond acceptors (Lipinski definition) is 4. The lowest BCUT2D eigenvalue weighted by molar-refractivity contribution is 0.0826. The maximum absolute atomic E-state index is 12.1. The zero-order valence-corrected chi connectivity index (χ0v) is 11.7. The summed E-state index contributed by atoms with van der Waals surface area (Å²) < 4.78 is 29.0. The molecular weight excluding hydrogens is 276 g/mol. The van der Waals surface area contributed by atoms with Crippen LogP contribution in [0.2, 0.25) is 0 Å². The summed E-state index contributed by atoms with van der Waals surface area (Å²) >= 11 is 0. The highest BCUT2D eigenvalue weighted by Crippen LogP contribution is 2.15. The van der Waals surface area contributed by atoms with Crippen molar-refractivity contribution in [2.24, 2.45) is 0 Å². The fourth-order valence-electron chi connectivity index (χ4n) is 1.71. The highest BCUT2D eigenvalue weighted by Gasteiger charge is 2.24. The van der Waals surface area contributed by atoms with Crippen molar-refractivity contribution in [2.45, 2.75) is 17.9 Å². The van der Waals surface area contributed by atoms with Crippen LogP contribution in [0.5, 0.6) is 0 Å². The molecule has 0 amide bonds. The SMILES string of the molecule is CC(OS(=O)(=O)c1ccccc1)C(=O)c1ccccc1. The average Bonchev–Trinajstić information content (AvgIpc) is 2.48. The van der Waals surface area contributed by atoms with Gasteiger partial charge >= 0.3 is 0 Å². The van der Waals surface area contributed by atoms with Gasteiger partial charge < -0.3 is 0 Å². The third kappa shape index (κ3) is 3.31. The zero-order chi connectivity index (χ0) is 14.6. The van der Waals surface area contributed by atoms with Crippen LogP contribution in [0.15, 0.2) is 65.6 Å². The Balaban J connectivity index is 2.16. The van der Waals surface area contributed by atoms with E-state index in [2.05, 4.69) is 0 Å². The van der Waals surface area contributed by atoms with Gasteiger partial charge in [0.15, 0.2) is 5.78 Å². The number of benzene rings is 2. The highest BCUT2D eigenvalue weighted by atomic mass is 32.2. The molecule has 104 valence electrons. The molecule has 1 unspecified atom stereocenters. The summed E-state index contributed by atoms with van der Waals surface area (Å²) in [5.41, 5.74) is 0.420. The van der Waals surface area contributed by atoms with Crippen LogP contribution in [0.3, 0.4) is 0 Å². The number of carbonyl (C=O) groups excluding carboxylic acids is 1. The van der Waals surface area contributed by atoms with E-state index < -0.39 is 16.2 Å². The van der Waals surface area contributed by atoms with Gasteiger partial charge in [-0.2, -0.15) is 8.42 Å². The molecule has 0 fully saturated rings. The monoisotopic (exact) mass is 290 g/mol. The Hall–Kier alpha value is -1.98. The van der Waals surface area contributed by atoms with Gasteiger partial charge in [0.1, 0.15) is 6.10 Å². The molecule has 2 aromatic carbocycles. The number of ketones is 1. The summed E-state index contributed by atoms with van der Waals surface area (Å²) in [6.07, 6.45) is -1.07. The molecule has 0 saturated heterocycles. The van der Waals surface area contributed by atoms with Crippen molar-refractivity contribution < 1.29 is 17.4 Å². The van der Waals surface area contributed by atoms with E-state index in [0.29, 0.717) is 5.56 Å². The normalized spacial score (nSPS) is 12.8. The van der Waals surface area contributed by atoms with Crippen molar-refractivity contribution in [1.82, 2.24) is 0 Å². The third-order valence-corrected chi connectivity index (χ3v) is 4.12. The van der Waals surface area contributed by atoms with E-state index in [1.54, 1.807) is 48.5 Å². The van der Waals surface area contributed by atoms with Gasteiger partial charge in [-0.3, -0.25) is 8.98 Å². The first-order chi connectivity index (χ1) is 9.50. The highest BCUT2D eigenvalue weighted by molar-refractivity contribution is 7.86. The second-order valence-electron chi connectivity index (χ2n) is 4.24. The number of carbonyl (C=O) groups is 1. The van der Waals surface area contributed by atoms with E-state index >= 15 is 0 Å². The van der Waals surface area contributed by atoms with Gasteiger partial charge in [0.05, 0.1) is 4.90 Å². The smallest absolute Gasteiger partial charge is 0.291 e. The second kappa shape index (κ2) is 5.98. The van der Waals surface area contributed by atoms with Gasteiger partial charge in [-0.1, -0.05) is 48.5 Å². The lowest BCUT2D eigenvalue weighted by Gasteiger charge is -2.12. The summed E-state index contributed by atoms with van der Waals surface area (Å²) in [5, 5.41) is 0. The second-order valence-corrected chi connectivity index (χ2v) is 5.81. The van der Waals surface area contributed by atoms with Crippen LogP contribution in [-0.2, 0) is 14.3 Å². The molecule has 0 aromatic heterocycles. The Labute approximate surface area is 118 Å². The quantitative estimate of drug-likeness (QED) is 0.627. The largest absolute Gasteiger partial charge is 0.297 e. The van der Waals surface area contributed by atoms with E-state index in [9.17, 15) is 13.2 Å². The maximum atomic E-state index is 12.1. The van der Waals surface area contributed by atoms with Crippen molar-refractivity contribution in [1.29, 1.82) is 0 Å². The number of Topliss-reactive ketones (excluding diaryl/α,β-unsaturated/α-hetero) is 1. The molecule has 0 heterocycles. The molecule has 0 N–H and O–H groups in total. The first-order valence-corrected chi connectivity index (χ1v) is 7.49. The van der Waals surface area contributed by atoms with Crippen LogP contribution in [-0.4, -0.2) is 20.3 Å². The minimum Gasteiger partial charge on any atom is -0.291 e. The van der Waals surface area contributed by atoms with E-state index in [4.69, 9.17) is 4.18 Å². The van der Waals surface area contributed by atoms with Crippen molar-refractivity contribution in [3.05, 3.63) is 66.2 Å². The van der Waals surface area contributed by atoms with E-state index in [1.165, 1.54) is 19.1 Å². The first-order valence-electron chi connectivity index (χ1n) is 6.08. The number of hydrogen-bond donors (Lipinski definition) is 0. The van der Waals surface area contributed by atoms with Crippen LogP contribution in [0.25, 0.3) is 0 Å². The van der Waals surface area contributed by atoms with Gasteiger partial charge in [0.2, 0.25) is 0 Å². The lowest BCUT2D eigenvalue weighted by atomic mass is 10.1. The molecule has 0 bridgehead atoms. The van der Waals surface area contributed by atoms with E-state index in [1.807, 2.05) is 0 Å². The molecule has 0 aliphatic rings. The molecule has 0 aliphatic heterocycles. The van der Waals surface area contributed by atoms with Crippen LogP contribution in [0, 0.1) is 0 Å². The molecule has 4 nitrogen and oxygen atoms in total. The topological polar surface area (TPSA) is 60.4 Å². The molecule has 2 aromatic rings. The lowest BCUT2D eigenvalue weighted by Crippen LogP contribution is -2.24. The van der Waals surface area contributed by atoms with Gasteiger partial charge in [0, 0.05) is 5.56 Å². The summed E-state index contributed by atoms with van der Waals surface area (Å²) in [4.78, 5) is 12.1. The minimum absolute atomic E-state index is 0.0349. The molecule has 20 heavy (non-hydrogen) atoms. The molecule has 5 heteroatoms. The van der Waals surface area contributed by atoms with Crippen LogP contribution in [0.4, 0.5) is 0 Å². The van der Waals surface area contributed by atoms with E-state index in [-0.39, 0.29) is 10.7 Å². The third-order valence-electron chi connectivity index (χ3n) is 2.73. The van der Waals surface area contributed by atoms with E-state index in [0.717, 1.165) is 0 Å². The molecule has 0 spiro atoms. The maximum Gasteiger partial charge on any atom is 0.297 e. The van der Waals surface area contributed by atoms with Gasteiger partial charge in [-0.15, -0.1) is 0 Å². The predicted molar refractivity (Wildman–Crippen MR) is 74.9 cm³/mol. The first kappa shape index (κ1) is 14.4. The van der Waals surface area contributed by atoms with Crippen LogP contribution >= 0.6 is 0 Å². The average molecular weight is 290 g/mol. The molecular formula is C15H14O4S. The predicted octanol–water partition coefficient (Wildman–Crippen LogP) is 2.66. The Morgan fingerprint density at radius 2 is 1.45 bits per heavy atom. The summed E-state index contributed by atoms with van der Waals surface area (Å²) in [6.45, 7) is 1.43. The Kier molecular flexibility index (Phi) is 4.32. The van der Waals surface area contributed by atoms with Gasteiger partial charge in [-0.25, -0.2) is 0 Å².